The SMILES string of the molecule is COc1cc(C)c2c(-c3ccc(Cl)c(Cl)c3)c(OC)cc(NC(C)CCCN3C(=O)c4ccccc4C3=O)c2n1. The second kappa shape index (κ2) is 11.4. The van der Waals surface area contributed by atoms with Gasteiger partial charge in [-0.15, -0.1) is 0 Å². The number of halogens is 2. The quantitative estimate of drug-likeness (QED) is 0.208. The van der Waals surface area contributed by atoms with E-state index in [1.165, 1.54) is 4.90 Å². The van der Waals surface area contributed by atoms with Crippen molar-refractivity contribution in [1.29, 1.82) is 0 Å². The van der Waals surface area contributed by atoms with E-state index in [-0.39, 0.29) is 17.9 Å². The number of aryl methyl sites for hydroxylation is 1. The normalized spacial score (nSPS) is 13.5. The Morgan fingerprint density at radius 3 is 2.27 bits per heavy atom. The number of methoxy groups -OCH3 is 2. The summed E-state index contributed by atoms with van der Waals surface area (Å²) in [6.07, 6.45) is 1.36. The average molecular weight is 578 g/mol. The van der Waals surface area contributed by atoms with Gasteiger partial charge in [0.15, 0.2) is 0 Å². The number of hydrogen-bond acceptors (Lipinski definition) is 6. The van der Waals surface area contributed by atoms with Crippen LogP contribution in [0.5, 0.6) is 11.6 Å². The maximum atomic E-state index is 12.7. The van der Waals surface area contributed by atoms with Crippen LogP contribution in [-0.4, -0.2) is 48.5 Å². The number of imide groups is 1. The molecule has 2 heterocycles. The number of fused-ring (bicyclic) bond motifs is 2. The third kappa shape index (κ3) is 5.07. The first-order valence-electron chi connectivity index (χ1n) is 13.0. The van der Waals surface area contributed by atoms with Gasteiger partial charge in [0.1, 0.15) is 5.75 Å². The number of pyridine rings is 1. The molecule has 4 aromatic rings. The van der Waals surface area contributed by atoms with Gasteiger partial charge in [0.05, 0.1) is 46.6 Å². The van der Waals surface area contributed by atoms with E-state index >= 15 is 0 Å². The van der Waals surface area contributed by atoms with Crippen molar-refractivity contribution in [2.24, 2.45) is 0 Å². The molecule has 0 bridgehead atoms. The molecule has 0 radical (unpaired) electrons. The van der Waals surface area contributed by atoms with Crippen molar-refractivity contribution in [3.05, 3.63) is 81.3 Å². The first-order valence-corrected chi connectivity index (χ1v) is 13.7. The molecule has 1 unspecified atom stereocenters. The van der Waals surface area contributed by atoms with E-state index in [1.807, 2.05) is 31.2 Å². The molecule has 1 aliphatic rings. The van der Waals surface area contributed by atoms with Crippen LogP contribution in [0.4, 0.5) is 5.69 Å². The summed E-state index contributed by atoms with van der Waals surface area (Å²) in [6, 6.07) is 16.2. The highest BCUT2D eigenvalue weighted by atomic mass is 35.5. The molecule has 1 N–H and O–H groups in total. The Kier molecular flexibility index (Phi) is 7.88. The Morgan fingerprint density at radius 1 is 0.950 bits per heavy atom. The number of nitrogens with one attached hydrogen (secondary N) is 1. The zero-order valence-corrected chi connectivity index (χ0v) is 24.2. The predicted molar refractivity (Wildman–Crippen MR) is 159 cm³/mol. The Balaban J connectivity index is 1.42. The van der Waals surface area contributed by atoms with Gasteiger partial charge in [-0.2, -0.15) is 0 Å². The van der Waals surface area contributed by atoms with Gasteiger partial charge in [-0.1, -0.05) is 41.4 Å². The Bertz CT molecular complexity index is 1600. The molecule has 0 fully saturated rings. The first-order chi connectivity index (χ1) is 19.2. The van der Waals surface area contributed by atoms with Crippen molar-refractivity contribution in [3.63, 3.8) is 0 Å². The van der Waals surface area contributed by atoms with Gasteiger partial charge in [0.2, 0.25) is 5.88 Å². The van der Waals surface area contributed by atoms with Crippen molar-refractivity contribution < 1.29 is 19.1 Å². The third-order valence-corrected chi connectivity index (χ3v) is 7.90. The summed E-state index contributed by atoms with van der Waals surface area (Å²) in [6.45, 7) is 4.41. The third-order valence-electron chi connectivity index (χ3n) is 7.16. The molecule has 0 saturated carbocycles. The second-order valence-corrected chi connectivity index (χ2v) is 10.6. The molecule has 0 saturated heterocycles. The van der Waals surface area contributed by atoms with Gasteiger partial charge >= 0.3 is 0 Å². The molecule has 9 heteroatoms. The molecular formula is C31H29Cl2N3O4. The molecule has 2 amide bonds. The molecule has 0 spiro atoms. The number of carbonyl (C=O) groups is 2. The Morgan fingerprint density at radius 2 is 1.65 bits per heavy atom. The van der Waals surface area contributed by atoms with Crippen LogP contribution in [0.2, 0.25) is 10.0 Å². The number of benzene rings is 3. The first kappa shape index (κ1) is 27.7. The minimum Gasteiger partial charge on any atom is -0.496 e. The van der Waals surface area contributed by atoms with Gasteiger partial charge in [0, 0.05) is 35.7 Å². The molecule has 206 valence electrons. The van der Waals surface area contributed by atoms with E-state index < -0.39 is 0 Å². The van der Waals surface area contributed by atoms with Crippen molar-refractivity contribution in [1.82, 2.24) is 9.88 Å². The lowest BCUT2D eigenvalue weighted by atomic mass is 9.95. The van der Waals surface area contributed by atoms with Gasteiger partial charge < -0.3 is 14.8 Å². The average Bonchev–Trinajstić information content (AvgIpc) is 3.19. The summed E-state index contributed by atoms with van der Waals surface area (Å²) in [5, 5.41) is 5.39. The van der Waals surface area contributed by atoms with E-state index in [2.05, 4.69) is 12.2 Å². The number of hydrogen-bond donors (Lipinski definition) is 1. The number of aromatic nitrogens is 1. The summed E-state index contributed by atoms with van der Waals surface area (Å²) in [7, 11) is 3.22. The van der Waals surface area contributed by atoms with Crippen LogP contribution < -0.4 is 14.8 Å². The van der Waals surface area contributed by atoms with Gasteiger partial charge in [-0.3, -0.25) is 14.5 Å². The summed E-state index contributed by atoms with van der Waals surface area (Å²) in [4.78, 5) is 31.6. The Hall–Kier alpha value is -3.81. The van der Waals surface area contributed by atoms with E-state index in [9.17, 15) is 9.59 Å². The van der Waals surface area contributed by atoms with Gasteiger partial charge in [-0.25, -0.2) is 4.98 Å². The van der Waals surface area contributed by atoms with Crippen LogP contribution in [0.3, 0.4) is 0 Å². The molecule has 0 aliphatic carbocycles. The summed E-state index contributed by atoms with van der Waals surface area (Å²) in [5.74, 6) is 0.682. The van der Waals surface area contributed by atoms with Crippen molar-refractivity contribution >= 4 is 51.6 Å². The zero-order chi connectivity index (χ0) is 28.6. The maximum absolute atomic E-state index is 12.7. The molecule has 1 aromatic heterocycles. The van der Waals surface area contributed by atoms with E-state index in [4.69, 9.17) is 37.7 Å². The highest BCUT2D eigenvalue weighted by Crippen LogP contribution is 2.44. The second-order valence-electron chi connectivity index (χ2n) is 9.83. The van der Waals surface area contributed by atoms with E-state index in [0.29, 0.717) is 52.2 Å². The zero-order valence-electron chi connectivity index (χ0n) is 22.7. The molecule has 3 aromatic carbocycles. The molecule has 5 rings (SSSR count). The van der Waals surface area contributed by atoms with Crippen LogP contribution >= 0.6 is 23.2 Å². The number of nitrogens with zero attached hydrogens (tertiary/aromatic N) is 2. The topological polar surface area (TPSA) is 80.8 Å². The number of amides is 2. The van der Waals surface area contributed by atoms with E-state index in [0.717, 1.165) is 33.3 Å². The summed E-state index contributed by atoms with van der Waals surface area (Å²) >= 11 is 12.6. The van der Waals surface area contributed by atoms with Crippen LogP contribution in [0.25, 0.3) is 22.0 Å². The largest absolute Gasteiger partial charge is 0.496 e. The Labute approximate surface area is 243 Å². The predicted octanol–water partition coefficient (Wildman–Crippen LogP) is 7.41. The molecule has 7 nitrogen and oxygen atoms in total. The maximum Gasteiger partial charge on any atom is 0.261 e. The molecule has 1 aliphatic heterocycles. The van der Waals surface area contributed by atoms with Crippen molar-refractivity contribution in [2.45, 2.75) is 32.7 Å². The van der Waals surface area contributed by atoms with Crippen molar-refractivity contribution in [2.75, 3.05) is 26.1 Å². The fourth-order valence-electron chi connectivity index (χ4n) is 5.20. The van der Waals surface area contributed by atoms with Gasteiger partial charge in [-0.05, 0) is 62.1 Å². The van der Waals surface area contributed by atoms with Crippen molar-refractivity contribution in [3.8, 4) is 22.8 Å². The number of rotatable bonds is 9. The lowest BCUT2D eigenvalue weighted by Crippen LogP contribution is -2.31. The number of ether oxygens (including phenoxy) is 2. The highest BCUT2D eigenvalue weighted by Gasteiger charge is 2.34. The molecule has 40 heavy (non-hydrogen) atoms. The van der Waals surface area contributed by atoms with Gasteiger partial charge in [0.25, 0.3) is 11.8 Å². The fraction of sp³-hybridized carbons (Fsp3) is 0.258. The number of anilines is 1. The molecule has 1 atom stereocenters. The van der Waals surface area contributed by atoms with Crippen LogP contribution in [0.15, 0.2) is 54.6 Å². The summed E-state index contributed by atoms with van der Waals surface area (Å²) in [5.41, 5.74) is 5.11. The standard InChI is InChI=1S/C31H29Cl2N3O4/c1-17-14-26(40-4)35-29-24(16-25(39-3)28(27(17)29)19-11-12-22(32)23(33)15-19)34-18(2)8-7-13-36-30(37)20-9-5-6-10-21(20)31(36)38/h5-6,9-12,14-16,18,34H,7-8,13H2,1-4H3. The minimum absolute atomic E-state index is 0.00669. The number of carbonyl (C=O) groups excluding carboxylic acids is 2. The monoisotopic (exact) mass is 577 g/mol. The molecular weight excluding hydrogens is 549 g/mol. The van der Waals surface area contributed by atoms with Crippen LogP contribution in [0, 0.1) is 6.92 Å². The fourth-order valence-corrected chi connectivity index (χ4v) is 5.50. The van der Waals surface area contributed by atoms with E-state index in [1.54, 1.807) is 44.6 Å². The summed E-state index contributed by atoms with van der Waals surface area (Å²) < 4.78 is 11.3. The minimum atomic E-state index is -0.235. The smallest absolute Gasteiger partial charge is 0.261 e. The van der Waals surface area contributed by atoms with Crippen LogP contribution in [0.1, 0.15) is 46.0 Å². The highest BCUT2D eigenvalue weighted by molar-refractivity contribution is 6.42. The lowest BCUT2D eigenvalue weighted by molar-refractivity contribution is 0.0651. The lowest BCUT2D eigenvalue weighted by Gasteiger charge is -2.22. The van der Waals surface area contributed by atoms with Crippen LogP contribution in [-0.2, 0) is 0 Å².